The molecule has 10 nitrogen and oxygen atoms in total. The number of nitrogens with two attached hydrogens (primary N) is 2. The van der Waals surface area contributed by atoms with Crippen LogP contribution in [0.3, 0.4) is 0 Å². The number of fused-ring (bicyclic) bond motifs is 1. The van der Waals surface area contributed by atoms with Crippen LogP contribution in [0.2, 0.25) is 0 Å². The van der Waals surface area contributed by atoms with Crippen LogP contribution in [-0.2, 0) is 16.0 Å². The Morgan fingerprint density at radius 1 is 1.44 bits per heavy atom. The molecule has 12 heteroatoms. The first-order chi connectivity index (χ1) is 15.4. The number of rotatable bonds is 7. The lowest BCUT2D eigenvalue weighted by Gasteiger charge is -2.18. The van der Waals surface area contributed by atoms with Gasteiger partial charge in [-0.25, -0.2) is 14.8 Å². The molecule has 0 spiro atoms. The molecule has 32 heavy (non-hydrogen) atoms. The maximum atomic E-state index is 12.5. The van der Waals surface area contributed by atoms with Crippen molar-refractivity contribution in [2.45, 2.75) is 12.5 Å². The Balaban J connectivity index is 1.92. The smallest absolute Gasteiger partial charge is 0.328 e. The molecule has 6 N–H and O–H groups in total. The number of primary amides is 1. The molecule has 0 aromatic carbocycles. The highest BCUT2D eigenvalue weighted by Gasteiger charge is 2.28. The fraction of sp³-hybridized carbons (Fsp3) is 0.150. The Hall–Kier alpha value is -3.95. The van der Waals surface area contributed by atoms with Gasteiger partial charge in [-0.1, -0.05) is 6.07 Å². The number of amides is 1. The van der Waals surface area contributed by atoms with Crippen LogP contribution in [0.25, 0.3) is 20.7 Å². The van der Waals surface area contributed by atoms with Crippen LogP contribution in [-0.4, -0.2) is 40.0 Å². The molecular weight excluding hydrogens is 450 g/mol. The minimum Gasteiger partial charge on any atom is -0.467 e. The number of thiophene rings is 2. The van der Waals surface area contributed by atoms with Crippen LogP contribution in [0, 0.1) is 11.3 Å². The molecule has 1 atom stereocenters. The number of aromatic nitrogens is 3. The van der Waals surface area contributed by atoms with Crippen LogP contribution < -0.4 is 16.8 Å². The zero-order chi connectivity index (χ0) is 22.8. The Kier molecular flexibility index (Phi) is 5.76. The van der Waals surface area contributed by atoms with E-state index in [2.05, 4.69) is 26.3 Å². The molecule has 0 bridgehead atoms. The summed E-state index contributed by atoms with van der Waals surface area (Å²) in [5.74, 6) is -1.04. The molecule has 4 heterocycles. The first-order valence-corrected chi connectivity index (χ1v) is 11.0. The predicted molar refractivity (Wildman–Crippen MR) is 122 cm³/mol. The number of carbonyl (C=O) groups excluding carboxylic acids is 2. The molecule has 0 radical (unpaired) electrons. The van der Waals surface area contributed by atoms with E-state index in [4.69, 9.17) is 16.2 Å². The number of hydrogen-bond acceptors (Lipinski definition) is 10. The quantitative estimate of drug-likeness (QED) is 0.300. The molecule has 162 valence electrons. The van der Waals surface area contributed by atoms with Gasteiger partial charge in [0, 0.05) is 34.1 Å². The van der Waals surface area contributed by atoms with Crippen LogP contribution in [0.15, 0.2) is 30.0 Å². The van der Waals surface area contributed by atoms with Gasteiger partial charge in [0.1, 0.15) is 33.2 Å². The maximum Gasteiger partial charge on any atom is 0.328 e. The van der Waals surface area contributed by atoms with E-state index in [0.29, 0.717) is 21.5 Å². The monoisotopic (exact) mass is 467 g/mol. The average Bonchev–Trinajstić information content (AvgIpc) is 3.54. The highest BCUT2D eigenvalue weighted by atomic mass is 32.1. The van der Waals surface area contributed by atoms with E-state index in [-0.39, 0.29) is 28.4 Å². The largest absolute Gasteiger partial charge is 0.467 e. The standard InChI is InChI=1S/C20H17N7O3S2/c1-30-20(29)11(5-9-7-24-8-25-9)26-18-10(6-21)13(12-3-2-4-31-12)14-15(22)16(17(23)28)32-19(14)27-18/h2-4,7-8,11H,5,22H2,1H3,(H2,23,28)(H,24,25)(H,26,27)/t11-/m0/s1. The highest BCUT2D eigenvalue weighted by Crippen LogP contribution is 2.44. The summed E-state index contributed by atoms with van der Waals surface area (Å²) in [6, 6.07) is 5.01. The van der Waals surface area contributed by atoms with Crippen LogP contribution in [0.1, 0.15) is 20.9 Å². The maximum absolute atomic E-state index is 12.5. The highest BCUT2D eigenvalue weighted by molar-refractivity contribution is 7.21. The zero-order valence-corrected chi connectivity index (χ0v) is 18.3. The molecule has 4 aromatic heterocycles. The van der Waals surface area contributed by atoms with Gasteiger partial charge in [0.15, 0.2) is 0 Å². The van der Waals surface area contributed by atoms with Gasteiger partial charge < -0.3 is 26.5 Å². The van der Waals surface area contributed by atoms with E-state index >= 15 is 0 Å². The van der Waals surface area contributed by atoms with Gasteiger partial charge in [-0.2, -0.15) is 5.26 Å². The van der Waals surface area contributed by atoms with Gasteiger partial charge in [-0.05, 0) is 11.4 Å². The van der Waals surface area contributed by atoms with Crippen molar-refractivity contribution in [1.29, 1.82) is 5.26 Å². The van der Waals surface area contributed by atoms with Crippen molar-refractivity contribution < 1.29 is 14.3 Å². The summed E-state index contributed by atoms with van der Waals surface area (Å²) in [7, 11) is 1.28. The van der Waals surface area contributed by atoms with E-state index < -0.39 is 17.9 Å². The summed E-state index contributed by atoms with van der Waals surface area (Å²) < 4.78 is 4.93. The van der Waals surface area contributed by atoms with Gasteiger partial charge in [-0.3, -0.25) is 4.79 Å². The molecule has 0 aliphatic carbocycles. The molecular formula is C20H17N7O3S2. The topological polar surface area (TPSA) is 173 Å². The second-order valence-electron chi connectivity index (χ2n) is 6.69. The Labute approximate surface area is 189 Å². The van der Waals surface area contributed by atoms with E-state index in [9.17, 15) is 14.9 Å². The lowest BCUT2D eigenvalue weighted by molar-refractivity contribution is -0.141. The number of pyridine rings is 1. The van der Waals surface area contributed by atoms with Crippen molar-refractivity contribution in [3.8, 4) is 16.5 Å². The number of aromatic amines is 1. The second-order valence-corrected chi connectivity index (χ2v) is 8.64. The van der Waals surface area contributed by atoms with Crippen molar-refractivity contribution in [2.24, 2.45) is 5.73 Å². The summed E-state index contributed by atoms with van der Waals surface area (Å²) in [5, 5.41) is 15.4. The van der Waals surface area contributed by atoms with Crippen LogP contribution >= 0.6 is 22.7 Å². The SMILES string of the molecule is COC(=O)[C@H](Cc1cnc[nH]1)Nc1nc2sc(C(N)=O)c(N)c2c(-c2cccs2)c1C#N. The number of anilines is 2. The van der Waals surface area contributed by atoms with E-state index in [1.165, 1.54) is 24.8 Å². The molecule has 0 aliphatic rings. The fourth-order valence-electron chi connectivity index (χ4n) is 3.33. The van der Waals surface area contributed by atoms with E-state index in [1.54, 1.807) is 6.20 Å². The minimum absolute atomic E-state index is 0.160. The van der Waals surface area contributed by atoms with Crippen LogP contribution in [0.4, 0.5) is 11.5 Å². The Morgan fingerprint density at radius 2 is 2.25 bits per heavy atom. The molecule has 4 aromatic rings. The average molecular weight is 468 g/mol. The third kappa shape index (κ3) is 3.75. The van der Waals surface area contributed by atoms with E-state index in [0.717, 1.165) is 16.2 Å². The third-order valence-corrected chi connectivity index (χ3v) is 6.76. The Bertz CT molecular complexity index is 1340. The van der Waals surface area contributed by atoms with Gasteiger partial charge in [0.2, 0.25) is 0 Å². The third-order valence-electron chi connectivity index (χ3n) is 4.76. The van der Waals surface area contributed by atoms with Crippen molar-refractivity contribution in [3.63, 3.8) is 0 Å². The van der Waals surface area contributed by atoms with Gasteiger partial charge in [0.05, 0.1) is 19.1 Å². The normalized spacial score (nSPS) is 11.8. The second kappa shape index (κ2) is 8.66. The molecule has 0 saturated carbocycles. The summed E-state index contributed by atoms with van der Waals surface area (Å²) in [6.45, 7) is 0. The summed E-state index contributed by atoms with van der Waals surface area (Å²) in [6.07, 6.45) is 3.32. The number of nitrogens with one attached hydrogen (secondary N) is 2. The van der Waals surface area contributed by atoms with Crippen molar-refractivity contribution >= 4 is 56.3 Å². The molecule has 0 unspecified atom stereocenters. The number of nitrogens with zero attached hydrogens (tertiary/aromatic N) is 3. The van der Waals surface area contributed by atoms with Crippen molar-refractivity contribution in [1.82, 2.24) is 15.0 Å². The Morgan fingerprint density at radius 3 is 2.84 bits per heavy atom. The lowest BCUT2D eigenvalue weighted by Crippen LogP contribution is -2.33. The van der Waals surface area contributed by atoms with Crippen molar-refractivity contribution in [2.75, 3.05) is 18.2 Å². The molecule has 0 aliphatic heterocycles. The number of imidazole rings is 1. The predicted octanol–water partition coefficient (Wildman–Crippen LogP) is 2.50. The van der Waals surface area contributed by atoms with E-state index in [1.807, 2.05) is 17.5 Å². The van der Waals surface area contributed by atoms with Gasteiger partial charge in [-0.15, -0.1) is 22.7 Å². The zero-order valence-electron chi connectivity index (χ0n) is 16.7. The molecule has 4 rings (SSSR count). The number of ether oxygens (including phenoxy) is 1. The number of esters is 1. The molecule has 1 amide bonds. The van der Waals surface area contributed by atoms with Crippen LogP contribution in [0.5, 0.6) is 0 Å². The van der Waals surface area contributed by atoms with Crippen molar-refractivity contribution in [3.05, 3.63) is 46.2 Å². The summed E-state index contributed by atoms with van der Waals surface area (Å²) in [5.41, 5.74) is 13.3. The minimum atomic E-state index is -0.846. The summed E-state index contributed by atoms with van der Waals surface area (Å²) in [4.78, 5) is 37.1. The molecule has 0 saturated heterocycles. The number of nitrogen functional groups attached to an aromatic ring is 1. The number of nitriles is 1. The molecule has 0 fully saturated rings. The number of hydrogen-bond donors (Lipinski definition) is 4. The number of H-pyrrole nitrogens is 1. The lowest BCUT2D eigenvalue weighted by atomic mass is 10.0. The number of methoxy groups -OCH3 is 1. The first-order valence-electron chi connectivity index (χ1n) is 9.26. The van der Waals surface area contributed by atoms with Gasteiger partial charge >= 0.3 is 5.97 Å². The number of carbonyl (C=O) groups is 2. The first kappa shape index (κ1) is 21.3. The fourth-order valence-corrected chi connectivity index (χ4v) is 5.07. The summed E-state index contributed by atoms with van der Waals surface area (Å²) >= 11 is 2.45. The van der Waals surface area contributed by atoms with Gasteiger partial charge in [0.25, 0.3) is 5.91 Å².